The van der Waals surface area contributed by atoms with Crippen molar-refractivity contribution in [2.45, 2.75) is 19.9 Å². The average Bonchev–Trinajstić information content (AvgIpc) is 2.68. The van der Waals surface area contributed by atoms with Gasteiger partial charge in [-0.1, -0.05) is 0 Å². The molecule has 0 aromatic carbocycles. The van der Waals surface area contributed by atoms with E-state index in [4.69, 9.17) is 5.73 Å². The monoisotopic (exact) mass is 233 g/mol. The molecule has 0 amide bonds. The highest BCUT2D eigenvalue weighted by atomic mass is 32.1. The Kier molecular flexibility index (Phi) is 3.10. The lowest BCUT2D eigenvalue weighted by Gasteiger charge is -2.14. The summed E-state index contributed by atoms with van der Waals surface area (Å²) in [6, 6.07) is 8.35. The van der Waals surface area contributed by atoms with Gasteiger partial charge in [0.25, 0.3) is 0 Å². The smallest absolute Gasteiger partial charge is 0.146 e. The van der Waals surface area contributed by atoms with Gasteiger partial charge >= 0.3 is 0 Å². The van der Waals surface area contributed by atoms with E-state index in [0.717, 1.165) is 5.69 Å². The molecule has 0 aliphatic heterocycles. The molecule has 2 aromatic rings. The predicted molar refractivity (Wildman–Crippen MR) is 69.7 cm³/mol. The van der Waals surface area contributed by atoms with Gasteiger partial charge in [0, 0.05) is 16.0 Å². The first-order valence-electron chi connectivity index (χ1n) is 5.20. The lowest BCUT2D eigenvalue weighted by atomic mass is 10.2. The molecule has 0 saturated heterocycles. The van der Waals surface area contributed by atoms with Gasteiger partial charge in [-0.2, -0.15) is 0 Å². The van der Waals surface area contributed by atoms with Crippen molar-refractivity contribution < 1.29 is 0 Å². The van der Waals surface area contributed by atoms with Gasteiger partial charge in [0.2, 0.25) is 0 Å². The highest BCUT2D eigenvalue weighted by molar-refractivity contribution is 7.12. The minimum atomic E-state index is 0.255. The van der Waals surface area contributed by atoms with Crippen molar-refractivity contribution in [3.05, 3.63) is 40.2 Å². The first kappa shape index (κ1) is 11.0. The summed E-state index contributed by atoms with van der Waals surface area (Å²) in [4.78, 5) is 6.68. The number of thiophene rings is 1. The maximum absolute atomic E-state index is 5.78. The van der Waals surface area contributed by atoms with Gasteiger partial charge in [-0.25, -0.2) is 4.98 Å². The number of nitrogens with zero attached hydrogens (tertiary/aromatic N) is 1. The number of hydrogen-bond donors (Lipinski definition) is 2. The van der Waals surface area contributed by atoms with Gasteiger partial charge in [0.05, 0.1) is 11.7 Å². The molecule has 16 heavy (non-hydrogen) atoms. The van der Waals surface area contributed by atoms with Gasteiger partial charge in [-0.15, -0.1) is 11.3 Å². The number of nitrogens with one attached hydrogen (secondary N) is 1. The first-order valence-corrected chi connectivity index (χ1v) is 6.02. The van der Waals surface area contributed by atoms with Crippen molar-refractivity contribution in [1.29, 1.82) is 0 Å². The Morgan fingerprint density at radius 3 is 2.81 bits per heavy atom. The van der Waals surface area contributed by atoms with Crippen LogP contribution in [-0.4, -0.2) is 4.98 Å². The molecular formula is C12H15N3S. The van der Waals surface area contributed by atoms with E-state index in [1.54, 1.807) is 17.5 Å². The Morgan fingerprint density at radius 2 is 2.19 bits per heavy atom. The van der Waals surface area contributed by atoms with Crippen molar-refractivity contribution in [2.24, 2.45) is 0 Å². The van der Waals surface area contributed by atoms with Crippen LogP contribution in [0.2, 0.25) is 0 Å². The number of aryl methyl sites for hydroxylation is 1. The molecule has 0 radical (unpaired) electrons. The summed E-state index contributed by atoms with van der Waals surface area (Å²) in [7, 11) is 0. The maximum Gasteiger partial charge on any atom is 0.146 e. The van der Waals surface area contributed by atoms with E-state index in [0.29, 0.717) is 5.82 Å². The molecule has 0 aliphatic rings. The minimum Gasteiger partial charge on any atom is -0.382 e. The van der Waals surface area contributed by atoms with E-state index < -0.39 is 0 Å². The summed E-state index contributed by atoms with van der Waals surface area (Å²) in [5.41, 5.74) is 6.67. The lowest BCUT2D eigenvalue weighted by molar-refractivity contribution is 0.907. The Bertz CT molecular complexity index is 479. The van der Waals surface area contributed by atoms with E-state index in [2.05, 4.69) is 36.3 Å². The number of aromatic nitrogens is 1. The normalized spacial score (nSPS) is 12.4. The quantitative estimate of drug-likeness (QED) is 0.856. The zero-order valence-corrected chi connectivity index (χ0v) is 10.2. The van der Waals surface area contributed by atoms with Gasteiger partial charge in [0.1, 0.15) is 5.82 Å². The second-order valence-electron chi connectivity index (χ2n) is 3.75. The fraction of sp³-hybridized carbons (Fsp3) is 0.250. The Labute approximate surface area is 99.3 Å². The third-order valence-electron chi connectivity index (χ3n) is 2.40. The largest absolute Gasteiger partial charge is 0.382 e. The van der Waals surface area contributed by atoms with Gasteiger partial charge in [-0.05, 0) is 38.1 Å². The zero-order chi connectivity index (χ0) is 11.5. The maximum atomic E-state index is 5.78. The van der Waals surface area contributed by atoms with Crippen LogP contribution in [0.15, 0.2) is 30.5 Å². The zero-order valence-electron chi connectivity index (χ0n) is 9.40. The molecule has 0 fully saturated rings. The first-order chi connectivity index (χ1) is 7.66. The molecule has 2 aromatic heterocycles. The summed E-state index contributed by atoms with van der Waals surface area (Å²) in [5, 5.41) is 3.36. The molecular weight excluding hydrogens is 218 g/mol. The number of hydrogen-bond acceptors (Lipinski definition) is 4. The van der Waals surface area contributed by atoms with Crippen molar-refractivity contribution in [3.8, 4) is 0 Å². The number of anilines is 2. The van der Waals surface area contributed by atoms with Crippen LogP contribution in [-0.2, 0) is 0 Å². The second-order valence-corrected chi connectivity index (χ2v) is 5.07. The van der Waals surface area contributed by atoms with Crippen LogP contribution >= 0.6 is 11.3 Å². The molecule has 1 unspecified atom stereocenters. The summed E-state index contributed by atoms with van der Waals surface area (Å²) < 4.78 is 0. The molecule has 3 nitrogen and oxygen atoms in total. The summed E-state index contributed by atoms with van der Waals surface area (Å²) in [5.74, 6) is 0.544. The van der Waals surface area contributed by atoms with Gasteiger partial charge < -0.3 is 11.1 Å². The number of nitrogens with two attached hydrogens (primary N) is 1. The molecule has 0 saturated carbocycles. The summed E-state index contributed by atoms with van der Waals surface area (Å²) in [6.45, 7) is 4.23. The van der Waals surface area contributed by atoms with Crippen LogP contribution in [0.3, 0.4) is 0 Å². The van der Waals surface area contributed by atoms with Crippen LogP contribution in [0.1, 0.15) is 22.7 Å². The highest BCUT2D eigenvalue weighted by Gasteiger charge is 2.08. The van der Waals surface area contributed by atoms with Gasteiger partial charge in [-0.3, -0.25) is 0 Å². The Morgan fingerprint density at radius 1 is 1.38 bits per heavy atom. The molecule has 1 atom stereocenters. The van der Waals surface area contributed by atoms with E-state index in [9.17, 15) is 0 Å². The number of rotatable bonds is 3. The van der Waals surface area contributed by atoms with Crippen LogP contribution in [0.5, 0.6) is 0 Å². The molecule has 0 bridgehead atoms. The predicted octanol–water partition coefficient (Wildman–Crippen LogP) is 3.21. The minimum absolute atomic E-state index is 0.255. The number of pyridine rings is 1. The molecule has 4 heteroatoms. The highest BCUT2D eigenvalue weighted by Crippen LogP contribution is 2.27. The molecule has 2 rings (SSSR count). The van der Waals surface area contributed by atoms with E-state index in [1.165, 1.54) is 9.75 Å². The van der Waals surface area contributed by atoms with Crippen molar-refractivity contribution >= 4 is 22.8 Å². The van der Waals surface area contributed by atoms with E-state index in [1.807, 2.05) is 12.1 Å². The van der Waals surface area contributed by atoms with Crippen molar-refractivity contribution in [3.63, 3.8) is 0 Å². The number of nitrogen functional groups attached to an aromatic ring is 1. The summed E-state index contributed by atoms with van der Waals surface area (Å²) >= 11 is 1.80. The Hall–Kier alpha value is -1.55. The standard InChI is InChI=1S/C12H15N3S/c1-8-5-6-11(16-8)9(2)15-10-4-3-7-14-12(10)13/h3-7,9,15H,1-2H3,(H2,13,14). The van der Waals surface area contributed by atoms with Crippen LogP contribution < -0.4 is 11.1 Å². The van der Waals surface area contributed by atoms with Crippen LogP contribution in [0.4, 0.5) is 11.5 Å². The molecule has 0 spiro atoms. The van der Waals surface area contributed by atoms with Crippen LogP contribution in [0.25, 0.3) is 0 Å². The molecule has 2 heterocycles. The SMILES string of the molecule is Cc1ccc(C(C)Nc2cccnc2N)s1. The van der Waals surface area contributed by atoms with Crippen molar-refractivity contribution in [1.82, 2.24) is 4.98 Å². The van der Waals surface area contributed by atoms with E-state index >= 15 is 0 Å². The second kappa shape index (κ2) is 4.53. The molecule has 0 aliphatic carbocycles. The molecule has 3 N–H and O–H groups in total. The molecule has 84 valence electrons. The fourth-order valence-electron chi connectivity index (χ4n) is 1.53. The third-order valence-corrected chi connectivity index (χ3v) is 3.58. The van der Waals surface area contributed by atoms with Crippen LogP contribution in [0, 0.1) is 6.92 Å². The van der Waals surface area contributed by atoms with Crippen molar-refractivity contribution in [2.75, 3.05) is 11.1 Å². The summed E-state index contributed by atoms with van der Waals surface area (Å²) in [6.07, 6.45) is 1.69. The fourth-order valence-corrected chi connectivity index (χ4v) is 2.41. The lowest BCUT2D eigenvalue weighted by Crippen LogP contribution is -2.07. The Balaban J connectivity index is 2.13. The topological polar surface area (TPSA) is 50.9 Å². The third kappa shape index (κ3) is 2.33. The van der Waals surface area contributed by atoms with Gasteiger partial charge in [0.15, 0.2) is 0 Å². The average molecular weight is 233 g/mol. The van der Waals surface area contributed by atoms with E-state index in [-0.39, 0.29) is 6.04 Å².